The summed E-state index contributed by atoms with van der Waals surface area (Å²) in [5.74, 6) is 0.0307. The minimum Gasteiger partial charge on any atom is -0.288 e. The zero-order valence-corrected chi connectivity index (χ0v) is 14.3. The zero-order valence-electron chi connectivity index (χ0n) is 8.76. The van der Waals surface area contributed by atoms with E-state index >= 15 is 0 Å². The van der Waals surface area contributed by atoms with Crippen molar-refractivity contribution >= 4 is 64.9 Å². The Kier molecular flexibility index (Phi) is 4.23. The molecule has 0 atom stereocenters. The van der Waals surface area contributed by atoms with Gasteiger partial charge in [-0.1, -0.05) is 31.9 Å². The Bertz CT molecular complexity index is 589. The van der Waals surface area contributed by atoms with Crippen molar-refractivity contribution in [2.45, 2.75) is 6.92 Å². The summed E-state index contributed by atoms with van der Waals surface area (Å²) in [7, 11) is 0. The Morgan fingerprint density at radius 3 is 2.41 bits per heavy atom. The van der Waals surface area contributed by atoms with Crippen molar-refractivity contribution in [3.63, 3.8) is 0 Å². The molecular formula is C12H7Br3OS. The first-order valence-corrected chi connectivity index (χ1v) is 7.94. The molecule has 0 saturated carbocycles. The average molecular weight is 439 g/mol. The number of hydrogen-bond acceptors (Lipinski definition) is 2. The number of rotatable bonds is 2. The molecular weight excluding hydrogens is 432 g/mol. The quantitative estimate of drug-likeness (QED) is 0.560. The Morgan fingerprint density at radius 2 is 1.82 bits per heavy atom. The second-order valence-corrected chi connectivity index (χ2v) is 7.37. The molecule has 0 aliphatic carbocycles. The molecule has 2 rings (SSSR count). The van der Waals surface area contributed by atoms with Crippen LogP contribution in [-0.2, 0) is 0 Å². The van der Waals surface area contributed by atoms with Gasteiger partial charge in [0.05, 0.1) is 4.88 Å². The van der Waals surface area contributed by atoms with Crippen LogP contribution in [0.2, 0.25) is 0 Å². The first kappa shape index (κ1) is 13.5. The third-order valence-corrected chi connectivity index (χ3v) is 5.31. The molecule has 1 nitrogen and oxygen atoms in total. The predicted molar refractivity (Wildman–Crippen MR) is 82.0 cm³/mol. The van der Waals surface area contributed by atoms with Gasteiger partial charge < -0.3 is 0 Å². The number of carbonyl (C=O) groups is 1. The van der Waals surface area contributed by atoms with Gasteiger partial charge in [-0.05, 0) is 47.1 Å². The van der Waals surface area contributed by atoms with Gasteiger partial charge in [-0.3, -0.25) is 4.79 Å². The van der Waals surface area contributed by atoms with Crippen molar-refractivity contribution in [3.05, 3.63) is 53.0 Å². The molecule has 0 aliphatic rings. The highest BCUT2D eigenvalue weighted by atomic mass is 79.9. The first-order chi connectivity index (χ1) is 7.99. The number of thiophene rings is 1. The van der Waals surface area contributed by atoms with Crippen LogP contribution in [0, 0.1) is 6.92 Å². The Hall–Kier alpha value is 0.0300. The largest absolute Gasteiger partial charge is 0.288 e. The topological polar surface area (TPSA) is 17.1 Å². The molecule has 0 bridgehead atoms. The van der Waals surface area contributed by atoms with Crippen molar-refractivity contribution in [2.75, 3.05) is 0 Å². The van der Waals surface area contributed by atoms with Crippen molar-refractivity contribution in [1.29, 1.82) is 0 Å². The minimum atomic E-state index is 0.0307. The number of benzene rings is 1. The van der Waals surface area contributed by atoms with Gasteiger partial charge in [0.1, 0.15) is 0 Å². The molecule has 88 valence electrons. The lowest BCUT2D eigenvalue weighted by Gasteiger charge is -2.03. The highest BCUT2D eigenvalue weighted by molar-refractivity contribution is 9.11. The summed E-state index contributed by atoms with van der Waals surface area (Å²) in [6.45, 7) is 1.99. The lowest BCUT2D eigenvalue weighted by atomic mass is 10.1. The molecule has 0 unspecified atom stereocenters. The van der Waals surface area contributed by atoms with E-state index in [2.05, 4.69) is 47.8 Å². The Morgan fingerprint density at radius 1 is 1.12 bits per heavy atom. The molecule has 1 aromatic carbocycles. The van der Waals surface area contributed by atoms with E-state index in [4.69, 9.17) is 0 Å². The Labute approximate surface area is 129 Å². The van der Waals surface area contributed by atoms with Gasteiger partial charge in [0.2, 0.25) is 5.78 Å². The van der Waals surface area contributed by atoms with Crippen molar-refractivity contribution < 1.29 is 4.79 Å². The van der Waals surface area contributed by atoms with E-state index in [9.17, 15) is 4.79 Å². The highest BCUT2D eigenvalue weighted by Gasteiger charge is 2.18. The molecule has 0 amide bonds. The lowest BCUT2D eigenvalue weighted by Crippen LogP contribution is -2.00. The monoisotopic (exact) mass is 436 g/mol. The van der Waals surface area contributed by atoms with Crippen LogP contribution < -0.4 is 0 Å². The third kappa shape index (κ3) is 2.89. The fourth-order valence-corrected chi connectivity index (χ4v) is 4.00. The minimum absolute atomic E-state index is 0.0307. The third-order valence-electron chi connectivity index (χ3n) is 2.19. The lowest BCUT2D eigenvalue weighted by molar-refractivity contribution is 0.104. The van der Waals surface area contributed by atoms with Crippen LogP contribution in [0.3, 0.4) is 0 Å². The van der Waals surface area contributed by atoms with E-state index in [1.807, 2.05) is 31.2 Å². The van der Waals surface area contributed by atoms with Crippen LogP contribution >= 0.6 is 59.1 Å². The van der Waals surface area contributed by atoms with Crippen LogP contribution in [0.25, 0.3) is 0 Å². The van der Waals surface area contributed by atoms with E-state index in [-0.39, 0.29) is 5.78 Å². The van der Waals surface area contributed by atoms with Crippen molar-refractivity contribution in [1.82, 2.24) is 0 Å². The summed E-state index contributed by atoms with van der Waals surface area (Å²) >= 11 is 11.7. The first-order valence-electron chi connectivity index (χ1n) is 4.74. The Balaban J connectivity index is 2.50. The molecule has 2 aromatic rings. The number of aryl methyl sites for hydroxylation is 1. The standard InChI is InChI=1S/C12H7Br3OS/c1-6-4-10(15)12(17-6)11(16)8-5-7(13)2-3-9(8)14/h2-5H,1H3. The summed E-state index contributed by atoms with van der Waals surface area (Å²) < 4.78 is 2.56. The fraction of sp³-hybridized carbons (Fsp3) is 0.0833. The summed E-state index contributed by atoms with van der Waals surface area (Å²) in [6.07, 6.45) is 0. The molecule has 0 aliphatic heterocycles. The smallest absolute Gasteiger partial charge is 0.205 e. The van der Waals surface area contributed by atoms with Crippen LogP contribution in [0.5, 0.6) is 0 Å². The number of halogens is 3. The summed E-state index contributed by atoms with van der Waals surface area (Å²) in [4.78, 5) is 14.2. The van der Waals surface area contributed by atoms with E-state index in [0.717, 1.165) is 23.2 Å². The SMILES string of the molecule is Cc1cc(Br)c(C(=O)c2cc(Br)ccc2Br)s1. The highest BCUT2D eigenvalue weighted by Crippen LogP contribution is 2.32. The molecule has 17 heavy (non-hydrogen) atoms. The van der Waals surface area contributed by atoms with E-state index in [1.54, 1.807) is 0 Å². The molecule has 1 aromatic heterocycles. The molecule has 5 heteroatoms. The predicted octanol–water partition coefficient (Wildman–Crippen LogP) is 5.58. The second-order valence-electron chi connectivity index (χ2n) is 3.49. The van der Waals surface area contributed by atoms with Gasteiger partial charge >= 0.3 is 0 Å². The summed E-state index contributed by atoms with van der Waals surface area (Å²) in [5, 5.41) is 0. The van der Waals surface area contributed by atoms with Crippen LogP contribution in [-0.4, -0.2) is 5.78 Å². The summed E-state index contributed by atoms with van der Waals surface area (Å²) in [6, 6.07) is 7.55. The molecule has 0 saturated heterocycles. The van der Waals surface area contributed by atoms with Gasteiger partial charge in [-0.2, -0.15) is 0 Å². The van der Waals surface area contributed by atoms with E-state index in [1.165, 1.54) is 11.3 Å². The van der Waals surface area contributed by atoms with Gasteiger partial charge in [0, 0.05) is 23.9 Å². The molecule has 0 spiro atoms. The van der Waals surface area contributed by atoms with Gasteiger partial charge in [-0.25, -0.2) is 0 Å². The van der Waals surface area contributed by atoms with E-state index < -0.39 is 0 Å². The fourth-order valence-electron chi connectivity index (χ4n) is 1.43. The molecule has 0 N–H and O–H groups in total. The summed E-state index contributed by atoms with van der Waals surface area (Å²) in [5.41, 5.74) is 0.668. The average Bonchev–Trinajstić information content (AvgIpc) is 2.60. The normalized spacial score (nSPS) is 10.6. The molecule has 1 heterocycles. The second kappa shape index (κ2) is 5.34. The van der Waals surface area contributed by atoms with E-state index in [0.29, 0.717) is 5.56 Å². The maximum Gasteiger partial charge on any atom is 0.205 e. The van der Waals surface area contributed by atoms with Crippen LogP contribution in [0.4, 0.5) is 0 Å². The van der Waals surface area contributed by atoms with Crippen LogP contribution in [0.15, 0.2) is 37.7 Å². The molecule has 0 radical (unpaired) electrons. The van der Waals surface area contributed by atoms with Crippen LogP contribution in [0.1, 0.15) is 20.1 Å². The van der Waals surface area contributed by atoms with Gasteiger partial charge in [0.25, 0.3) is 0 Å². The molecule has 0 fully saturated rings. The number of ketones is 1. The van der Waals surface area contributed by atoms with Crippen molar-refractivity contribution in [3.8, 4) is 0 Å². The maximum absolute atomic E-state index is 12.4. The number of hydrogen-bond donors (Lipinski definition) is 0. The van der Waals surface area contributed by atoms with Gasteiger partial charge in [0.15, 0.2) is 0 Å². The maximum atomic E-state index is 12.4. The van der Waals surface area contributed by atoms with Crippen molar-refractivity contribution in [2.24, 2.45) is 0 Å². The zero-order chi connectivity index (χ0) is 12.6. The number of carbonyl (C=O) groups excluding carboxylic acids is 1. The van der Waals surface area contributed by atoms with Gasteiger partial charge in [-0.15, -0.1) is 11.3 Å².